The normalized spacial score (nSPS) is 9.77. The van der Waals surface area contributed by atoms with Gasteiger partial charge in [-0.05, 0) is 6.54 Å². The SMILES string of the molecule is CCNCCn1cc[n+](C)c1C.[Br-]. The van der Waals surface area contributed by atoms with Crippen LogP contribution in [-0.2, 0) is 13.6 Å². The molecule has 0 aliphatic rings. The highest BCUT2D eigenvalue weighted by Gasteiger charge is 2.06. The van der Waals surface area contributed by atoms with Gasteiger partial charge in [0.1, 0.15) is 18.9 Å². The quantitative estimate of drug-likeness (QED) is 0.452. The lowest BCUT2D eigenvalue weighted by Gasteiger charge is -1.99. The van der Waals surface area contributed by atoms with E-state index in [1.807, 2.05) is 0 Å². The maximum Gasteiger partial charge on any atom is 0.253 e. The van der Waals surface area contributed by atoms with Crippen molar-refractivity contribution in [2.45, 2.75) is 20.4 Å². The lowest BCUT2D eigenvalue weighted by molar-refractivity contribution is -0.677. The van der Waals surface area contributed by atoms with Gasteiger partial charge in [0.05, 0.1) is 7.05 Å². The maximum absolute atomic E-state index is 3.30. The summed E-state index contributed by atoms with van der Waals surface area (Å²) in [5.74, 6) is 1.30. The molecule has 4 heteroatoms. The first-order valence-electron chi connectivity index (χ1n) is 4.47. The fourth-order valence-electron chi connectivity index (χ4n) is 1.21. The van der Waals surface area contributed by atoms with E-state index in [1.165, 1.54) is 5.82 Å². The fourth-order valence-corrected chi connectivity index (χ4v) is 1.21. The number of halogens is 1. The molecule has 1 N–H and O–H groups in total. The molecule has 0 radical (unpaired) electrons. The molecule has 0 amide bonds. The van der Waals surface area contributed by atoms with Crippen LogP contribution in [0.3, 0.4) is 0 Å². The molecule has 0 saturated heterocycles. The maximum atomic E-state index is 3.30. The van der Waals surface area contributed by atoms with E-state index in [2.05, 4.69) is 47.7 Å². The van der Waals surface area contributed by atoms with Crippen molar-refractivity contribution >= 4 is 0 Å². The highest BCUT2D eigenvalue weighted by atomic mass is 79.9. The van der Waals surface area contributed by atoms with Gasteiger partial charge in [0.15, 0.2) is 0 Å². The number of hydrogen-bond acceptors (Lipinski definition) is 1. The Bertz CT molecular complexity index is 245. The summed E-state index contributed by atoms with van der Waals surface area (Å²) in [5, 5.41) is 3.30. The molecule has 3 nitrogen and oxygen atoms in total. The van der Waals surface area contributed by atoms with Crippen molar-refractivity contribution < 1.29 is 21.5 Å². The third-order valence-corrected chi connectivity index (χ3v) is 2.18. The van der Waals surface area contributed by atoms with Crippen molar-refractivity contribution in [3.8, 4) is 0 Å². The molecule has 1 heterocycles. The Labute approximate surface area is 90.5 Å². The van der Waals surface area contributed by atoms with E-state index in [0.29, 0.717) is 0 Å². The topological polar surface area (TPSA) is 20.8 Å². The first kappa shape index (κ1) is 12.7. The number of likely N-dealkylation sites (N-methyl/N-ethyl adjacent to an activating group) is 1. The van der Waals surface area contributed by atoms with E-state index in [0.717, 1.165) is 19.6 Å². The lowest BCUT2D eigenvalue weighted by atomic mass is 10.5. The molecule has 13 heavy (non-hydrogen) atoms. The second-order valence-electron chi connectivity index (χ2n) is 3.00. The summed E-state index contributed by atoms with van der Waals surface area (Å²) >= 11 is 0. The first-order chi connectivity index (χ1) is 5.75. The molecule has 0 atom stereocenters. The smallest absolute Gasteiger partial charge is 0.253 e. The molecule has 0 aliphatic heterocycles. The molecule has 76 valence electrons. The Hall–Kier alpha value is -0.350. The van der Waals surface area contributed by atoms with E-state index < -0.39 is 0 Å². The van der Waals surface area contributed by atoms with Gasteiger partial charge in [-0.3, -0.25) is 0 Å². The second kappa shape index (κ2) is 6.16. The van der Waals surface area contributed by atoms with Crippen LogP contribution in [0.5, 0.6) is 0 Å². The van der Waals surface area contributed by atoms with Crippen LogP contribution in [0.1, 0.15) is 12.7 Å². The third-order valence-electron chi connectivity index (χ3n) is 2.18. The zero-order valence-corrected chi connectivity index (χ0v) is 10.1. The molecule has 1 aromatic heterocycles. The van der Waals surface area contributed by atoms with E-state index in [-0.39, 0.29) is 17.0 Å². The standard InChI is InChI=1S/C9H18N3.BrH/c1-4-10-5-6-12-8-7-11(3)9(12)2;/h7-8,10H,4-6H2,1-3H3;1H/q+1;/p-1. The van der Waals surface area contributed by atoms with Gasteiger partial charge in [-0.25, -0.2) is 9.13 Å². The summed E-state index contributed by atoms with van der Waals surface area (Å²) in [6.07, 6.45) is 4.20. The Morgan fingerprint density at radius 1 is 1.54 bits per heavy atom. The number of nitrogens with zero attached hydrogens (tertiary/aromatic N) is 2. The average Bonchev–Trinajstić information content (AvgIpc) is 2.36. The number of imidazole rings is 1. The van der Waals surface area contributed by atoms with Crippen LogP contribution in [0.2, 0.25) is 0 Å². The molecule has 0 fully saturated rings. The Morgan fingerprint density at radius 3 is 2.69 bits per heavy atom. The van der Waals surface area contributed by atoms with Crippen molar-refractivity contribution in [1.29, 1.82) is 0 Å². The Balaban J connectivity index is 0.00000144. The fraction of sp³-hybridized carbons (Fsp3) is 0.667. The van der Waals surface area contributed by atoms with Gasteiger partial charge in [-0.15, -0.1) is 0 Å². The lowest BCUT2D eigenvalue weighted by Crippen LogP contribution is -3.00. The van der Waals surface area contributed by atoms with E-state index in [4.69, 9.17) is 0 Å². The van der Waals surface area contributed by atoms with Crippen LogP contribution < -0.4 is 26.9 Å². The molecular formula is C9H18BrN3. The summed E-state index contributed by atoms with van der Waals surface area (Å²) in [6.45, 7) is 7.41. The van der Waals surface area contributed by atoms with Crippen molar-refractivity contribution in [1.82, 2.24) is 9.88 Å². The summed E-state index contributed by atoms with van der Waals surface area (Å²) in [7, 11) is 2.07. The minimum atomic E-state index is 0. The number of aromatic nitrogens is 2. The minimum Gasteiger partial charge on any atom is -1.00 e. The molecule has 0 saturated carbocycles. The van der Waals surface area contributed by atoms with E-state index in [9.17, 15) is 0 Å². The molecule has 0 aliphatic carbocycles. The van der Waals surface area contributed by atoms with Gasteiger partial charge in [0.25, 0.3) is 5.82 Å². The zero-order valence-electron chi connectivity index (χ0n) is 8.55. The number of nitrogens with one attached hydrogen (secondary N) is 1. The Kier molecular flexibility index (Phi) is 5.99. The third kappa shape index (κ3) is 3.48. The summed E-state index contributed by atoms with van der Waals surface area (Å²) in [6, 6.07) is 0. The van der Waals surface area contributed by atoms with Gasteiger partial charge in [0, 0.05) is 13.5 Å². The minimum absolute atomic E-state index is 0. The number of rotatable bonds is 4. The molecule has 0 aromatic carbocycles. The molecule has 0 spiro atoms. The van der Waals surface area contributed by atoms with Gasteiger partial charge in [-0.1, -0.05) is 6.92 Å². The molecule has 1 aromatic rings. The van der Waals surface area contributed by atoms with Crippen molar-refractivity contribution in [3.63, 3.8) is 0 Å². The molecule has 1 rings (SSSR count). The Morgan fingerprint density at radius 2 is 2.23 bits per heavy atom. The summed E-state index contributed by atoms with van der Waals surface area (Å²) in [4.78, 5) is 0. The van der Waals surface area contributed by atoms with Gasteiger partial charge in [0.2, 0.25) is 0 Å². The van der Waals surface area contributed by atoms with Crippen molar-refractivity contribution in [3.05, 3.63) is 18.2 Å². The van der Waals surface area contributed by atoms with Gasteiger partial charge >= 0.3 is 0 Å². The second-order valence-corrected chi connectivity index (χ2v) is 3.00. The summed E-state index contributed by atoms with van der Waals surface area (Å²) < 4.78 is 4.38. The first-order valence-corrected chi connectivity index (χ1v) is 4.47. The van der Waals surface area contributed by atoms with Crippen LogP contribution in [-0.4, -0.2) is 17.7 Å². The van der Waals surface area contributed by atoms with Crippen LogP contribution in [0.4, 0.5) is 0 Å². The van der Waals surface area contributed by atoms with Crippen LogP contribution in [0.25, 0.3) is 0 Å². The number of aryl methyl sites for hydroxylation is 1. The molecule has 0 bridgehead atoms. The van der Waals surface area contributed by atoms with Crippen LogP contribution in [0, 0.1) is 6.92 Å². The summed E-state index contributed by atoms with van der Waals surface area (Å²) in [5.41, 5.74) is 0. The van der Waals surface area contributed by atoms with Crippen LogP contribution in [0.15, 0.2) is 12.4 Å². The van der Waals surface area contributed by atoms with E-state index in [1.54, 1.807) is 0 Å². The largest absolute Gasteiger partial charge is 1.00 e. The highest BCUT2D eigenvalue weighted by molar-refractivity contribution is 4.79. The molecular weight excluding hydrogens is 230 g/mol. The van der Waals surface area contributed by atoms with Gasteiger partial charge in [-0.2, -0.15) is 0 Å². The van der Waals surface area contributed by atoms with E-state index >= 15 is 0 Å². The predicted octanol–water partition coefficient (Wildman–Crippen LogP) is -2.77. The zero-order chi connectivity index (χ0) is 8.97. The monoisotopic (exact) mass is 247 g/mol. The molecule has 0 unspecified atom stereocenters. The average molecular weight is 248 g/mol. The highest BCUT2D eigenvalue weighted by Crippen LogP contribution is 1.90. The van der Waals surface area contributed by atoms with Crippen molar-refractivity contribution in [2.75, 3.05) is 13.1 Å². The van der Waals surface area contributed by atoms with Gasteiger partial charge < -0.3 is 22.3 Å². The number of hydrogen-bond donors (Lipinski definition) is 1. The predicted molar refractivity (Wildman–Crippen MR) is 48.9 cm³/mol. The van der Waals surface area contributed by atoms with Crippen molar-refractivity contribution in [2.24, 2.45) is 7.05 Å². The van der Waals surface area contributed by atoms with Crippen LogP contribution >= 0.6 is 0 Å².